The van der Waals surface area contributed by atoms with Crippen LogP contribution < -0.4 is 5.32 Å². The van der Waals surface area contributed by atoms with E-state index in [9.17, 15) is 0 Å². The van der Waals surface area contributed by atoms with Gasteiger partial charge in [-0.3, -0.25) is 0 Å². The van der Waals surface area contributed by atoms with Crippen molar-refractivity contribution in [3.8, 4) is 0 Å². The van der Waals surface area contributed by atoms with Crippen molar-refractivity contribution in [2.24, 2.45) is 0 Å². The summed E-state index contributed by atoms with van der Waals surface area (Å²) in [4.78, 5) is 7.80. The first-order chi connectivity index (χ1) is 6.34. The quantitative estimate of drug-likeness (QED) is 0.777. The molecular weight excluding hydrogens is 206 g/mol. The molecule has 13 heavy (non-hydrogen) atoms. The van der Waals surface area contributed by atoms with Crippen molar-refractivity contribution in [1.29, 1.82) is 0 Å². The van der Waals surface area contributed by atoms with E-state index in [4.69, 9.17) is 11.6 Å². The lowest BCUT2D eigenvalue weighted by atomic mass is 10.5. The first-order valence-electron chi connectivity index (χ1n) is 3.61. The minimum absolute atomic E-state index is 0.438. The molecule has 0 bridgehead atoms. The highest BCUT2D eigenvalue weighted by atomic mass is 35.5. The molecule has 0 aliphatic rings. The Hall–Kier alpha value is -1.13. The van der Waals surface area contributed by atoms with Crippen LogP contribution in [0.2, 0.25) is 5.15 Å². The average Bonchev–Trinajstić information content (AvgIpc) is 2.57. The van der Waals surface area contributed by atoms with Gasteiger partial charge in [-0.15, -0.1) is 0 Å². The smallest absolute Gasteiger partial charge is 0.135 e. The van der Waals surface area contributed by atoms with Crippen LogP contribution in [0.5, 0.6) is 0 Å². The Balaban J connectivity index is 2.19. The predicted molar refractivity (Wildman–Crippen MR) is 54.6 cm³/mol. The molecule has 2 rings (SSSR count). The van der Waals surface area contributed by atoms with Gasteiger partial charge >= 0.3 is 0 Å². The Kier molecular flexibility index (Phi) is 2.42. The van der Waals surface area contributed by atoms with E-state index in [1.165, 1.54) is 6.33 Å². The topological polar surface area (TPSA) is 37.8 Å². The van der Waals surface area contributed by atoms with Crippen LogP contribution in [-0.2, 0) is 0 Å². The molecule has 0 saturated carbocycles. The van der Waals surface area contributed by atoms with Gasteiger partial charge < -0.3 is 5.32 Å². The van der Waals surface area contributed by atoms with E-state index in [1.54, 1.807) is 17.4 Å². The number of anilines is 2. The predicted octanol–water partition coefficient (Wildman–Crippen LogP) is 2.94. The number of halogens is 1. The molecule has 0 saturated heterocycles. The molecule has 1 N–H and O–H groups in total. The maximum Gasteiger partial charge on any atom is 0.135 e. The van der Waals surface area contributed by atoms with Gasteiger partial charge in [0.15, 0.2) is 0 Å². The van der Waals surface area contributed by atoms with Gasteiger partial charge in [0.05, 0.1) is 5.69 Å². The van der Waals surface area contributed by atoms with Crippen LogP contribution in [0, 0.1) is 0 Å². The van der Waals surface area contributed by atoms with Crippen LogP contribution in [0.1, 0.15) is 0 Å². The molecule has 2 heterocycles. The van der Waals surface area contributed by atoms with E-state index in [0.29, 0.717) is 11.0 Å². The Bertz CT molecular complexity index is 388. The molecule has 0 aliphatic carbocycles. The fraction of sp³-hybridized carbons (Fsp3) is 0. The maximum atomic E-state index is 5.70. The highest BCUT2D eigenvalue weighted by molar-refractivity contribution is 7.08. The van der Waals surface area contributed by atoms with Gasteiger partial charge in [0.1, 0.15) is 17.3 Å². The Morgan fingerprint density at radius 3 is 3.00 bits per heavy atom. The van der Waals surface area contributed by atoms with Gasteiger partial charge in [-0.1, -0.05) is 11.6 Å². The van der Waals surface area contributed by atoms with Gasteiger partial charge in [-0.2, -0.15) is 11.3 Å². The minimum atomic E-state index is 0.438. The molecule has 3 nitrogen and oxygen atoms in total. The van der Waals surface area contributed by atoms with E-state index >= 15 is 0 Å². The fourth-order valence-electron chi connectivity index (χ4n) is 0.885. The lowest BCUT2D eigenvalue weighted by molar-refractivity contribution is 1.17. The number of rotatable bonds is 2. The van der Waals surface area contributed by atoms with E-state index in [2.05, 4.69) is 15.3 Å². The molecule has 0 amide bonds. The Labute approximate surface area is 84.4 Å². The third-order valence-electron chi connectivity index (χ3n) is 1.43. The first-order valence-corrected chi connectivity index (χ1v) is 4.93. The standard InChI is InChI=1S/C8H6ClN3S/c9-7-3-8(11-5-10-7)12-6-1-2-13-4-6/h1-5H,(H,10,11,12). The number of nitrogens with zero attached hydrogens (tertiary/aromatic N) is 2. The Morgan fingerprint density at radius 2 is 2.31 bits per heavy atom. The SMILES string of the molecule is Clc1cc(Nc2ccsc2)ncn1. The average molecular weight is 212 g/mol. The van der Waals surface area contributed by atoms with Crippen molar-refractivity contribution in [3.05, 3.63) is 34.4 Å². The summed E-state index contributed by atoms with van der Waals surface area (Å²) in [6.45, 7) is 0. The summed E-state index contributed by atoms with van der Waals surface area (Å²) in [6.07, 6.45) is 1.43. The largest absolute Gasteiger partial charge is 0.339 e. The number of hydrogen-bond acceptors (Lipinski definition) is 4. The second kappa shape index (κ2) is 3.72. The van der Waals surface area contributed by atoms with Crippen LogP contribution in [0.25, 0.3) is 0 Å². The zero-order valence-corrected chi connectivity index (χ0v) is 8.14. The molecule has 0 spiro atoms. The third-order valence-corrected chi connectivity index (χ3v) is 2.32. The second-order valence-electron chi connectivity index (χ2n) is 2.36. The van der Waals surface area contributed by atoms with E-state index in [1.807, 2.05) is 16.8 Å². The van der Waals surface area contributed by atoms with Crippen LogP contribution in [0.15, 0.2) is 29.2 Å². The van der Waals surface area contributed by atoms with Crippen LogP contribution in [0.3, 0.4) is 0 Å². The number of aromatic nitrogens is 2. The molecule has 66 valence electrons. The molecule has 5 heteroatoms. The third kappa shape index (κ3) is 2.17. The van der Waals surface area contributed by atoms with Gasteiger partial charge in [0, 0.05) is 11.4 Å². The number of hydrogen-bond donors (Lipinski definition) is 1. The van der Waals surface area contributed by atoms with Crippen molar-refractivity contribution >= 4 is 34.4 Å². The highest BCUT2D eigenvalue weighted by Crippen LogP contribution is 2.18. The molecular formula is C8H6ClN3S. The summed E-state index contributed by atoms with van der Waals surface area (Å²) in [7, 11) is 0. The summed E-state index contributed by atoms with van der Waals surface area (Å²) in [5, 5.41) is 7.52. The van der Waals surface area contributed by atoms with Crippen LogP contribution in [0.4, 0.5) is 11.5 Å². The first kappa shape index (κ1) is 8.47. The lowest BCUT2D eigenvalue weighted by Gasteiger charge is -2.01. The normalized spacial score (nSPS) is 9.92. The van der Waals surface area contributed by atoms with Gasteiger partial charge in [0.2, 0.25) is 0 Å². The summed E-state index contributed by atoms with van der Waals surface area (Å²) >= 11 is 7.32. The van der Waals surface area contributed by atoms with Crippen molar-refractivity contribution in [2.45, 2.75) is 0 Å². The summed E-state index contributed by atoms with van der Waals surface area (Å²) in [6, 6.07) is 3.65. The molecule has 0 unspecified atom stereocenters. The number of nitrogens with one attached hydrogen (secondary N) is 1. The zero-order valence-electron chi connectivity index (χ0n) is 6.57. The lowest BCUT2D eigenvalue weighted by Crippen LogP contribution is -1.92. The van der Waals surface area contributed by atoms with Crippen molar-refractivity contribution in [1.82, 2.24) is 9.97 Å². The molecule has 2 aromatic rings. The fourth-order valence-corrected chi connectivity index (χ4v) is 1.62. The summed E-state index contributed by atoms with van der Waals surface area (Å²) in [5.74, 6) is 0.707. The molecule has 0 radical (unpaired) electrons. The monoisotopic (exact) mass is 211 g/mol. The van der Waals surface area contributed by atoms with Gasteiger partial charge in [-0.25, -0.2) is 9.97 Å². The molecule has 0 fully saturated rings. The minimum Gasteiger partial charge on any atom is -0.339 e. The van der Waals surface area contributed by atoms with Gasteiger partial charge in [-0.05, 0) is 11.4 Å². The van der Waals surface area contributed by atoms with E-state index in [0.717, 1.165) is 5.69 Å². The highest BCUT2D eigenvalue weighted by Gasteiger charge is 1.96. The van der Waals surface area contributed by atoms with Crippen molar-refractivity contribution in [2.75, 3.05) is 5.32 Å². The summed E-state index contributed by atoms with van der Waals surface area (Å²) < 4.78 is 0. The van der Waals surface area contributed by atoms with Gasteiger partial charge in [0.25, 0.3) is 0 Å². The van der Waals surface area contributed by atoms with Crippen molar-refractivity contribution < 1.29 is 0 Å². The van der Waals surface area contributed by atoms with E-state index in [-0.39, 0.29) is 0 Å². The molecule has 0 atom stereocenters. The zero-order chi connectivity index (χ0) is 9.10. The van der Waals surface area contributed by atoms with Crippen molar-refractivity contribution in [3.63, 3.8) is 0 Å². The maximum absolute atomic E-state index is 5.70. The molecule has 0 aliphatic heterocycles. The Morgan fingerprint density at radius 1 is 1.38 bits per heavy atom. The second-order valence-corrected chi connectivity index (χ2v) is 3.53. The van der Waals surface area contributed by atoms with E-state index < -0.39 is 0 Å². The summed E-state index contributed by atoms with van der Waals surface area (Å²) in [5.41, 5.74) is 1.01. The molecule has 0 aromatic carbocycles. The van der Waals surface area contributed by atoms with Crippen LogP contribution in [-0.4, -0.2) is 9.97 Å². The molecule has 2 aromatic heterocycles. The number of thiophene rings is 1. The van der Waals surface area contributed by atoms with Crippen LogP contribution >= 0.6 is 22.9 Å².